The largest absolute Gasteiger partial charge is 0.345 e. The van der Waals surface area contributed by atoms with E-state index in [1.165, 1.54) is 47.0 Å². The first kappa shape index (κ1) is 10.8. The molecule has 1 unspecified atom stereocenters. The summed E-state index contributed by atoms with van der Waals surface area (Å²) in [5, 5.41) is 5.62. The minimum atomic E-state index is 0.763. The molecule has 2 aliphatic rings. The number of aryl methyl sites for hydroxylation is 2. The summed E-state index contributed by atoms with van der Waals surface area (Å²) in [5.41, 5.74) is 3.94. The predicted octanol–water partition coefficient (Wildman–Crippen LogP) is 2.39. The maximum atomic E-state index is 4.85. The molecule has 1 aliphatic heterocycles. The zero-order chi connectivity index (χ0) is 11.9. The van der Waals surface area contributed by atoms with Crippen molar-refractivity contribution in [3.63, 3.8) is 0 Å². The van der Waals surface area contributed by atoms with Crippen molar-refractivity contribution in [3.05, 3.63) is 27.8 Å². The first-order valence-corrected chi connectivity index (χ1v) is 7.63. The van der Waals surface area contributed by atoms with Gasteiger partial charge in [0.05, 0.1) is 5.69 Å². The van der Waals surface area contributed by atoms with Crippen molar-refractivity contribution < 1.29 is 0 Å². The summed E-state index contributed by atoms with van der Waals surface area (Å²) < 4.78 is 0. The second kappa shape index (κ2) is 4.21. The van der Waals surface area contributed by atoms with Crippen LogP contribution in [0.1, 0.15) is 22.8 Å². The SMILES string of the molecule is c1cc2c(s1)CCc1[nH]c(CC3CCNC3)nc1-2. The maximum Gasteiger partial charge on any atom is 0.107 e. The molecule has 3 nitrogen and oxygen atoms in total. The number of aromatic nitrogens is 2. The van der Waals surface area contributed by atoms with Crippen LogP contribution in [-0.4, -0.2) is 23.1 Å². The first-order valence-electron chi connectivity index (χ1n) is 6.75. The molecule has 2 aromatic rings. The fourth-order valence-electron chi connectivity index (χ4n) is 3.11. The third kappa shape index (κ3) is 1.71. The minimum Gasteiger partial charge on any atom is -0.345 e. The van der Waals surface area contributed by atoms with Crippen LogP contribution in [0.2, 0.25) is 0 Å². The van der Waals surface area contributed by atoms with Gasteiger partial charge in [-0.3, -0.25) is 0 Å². The smallest absolute Gasteiger partial charge is 0.107 e. The minimum absolute atomic E-state index is 0.763. The van der Waals surface area contributed by atoms with Gasteiger partial charge in [0.25, 0.3) is 0 Å². The zero-order valence-corrected chi connectivity index (χ0v) is 11.1. The van der Waals surface area contributed by atoms with Gasteiger partial charge in [0.1, 0.15) is 5.82 Å². The van der Waals surface area contributed by atoms with Gasteiger partial charge in [-0.15, -0.1) is 11.3 Å². The summed E-state index contributed by atoms with van der Waals surface area (Å²) in [6.45, 7) is 2.31. The zero-order valence-electron chi connectivity index (χ0n) is 10.3. The Morgan fingerprint density at radius 2 is 2.39 bits per heavy atom. The van der Waals surface area contributed by atoms with Crippen LogP contribution < -0.4 is 5.32 Å². The van der Waals surface area contributed by atoms with Crippen LogP contribution in [0.3, 0.4) is 0 Å². The number of fused-ring (bicyclic) bond motifs is 3. The highest BCUT2D eigenvalue weighted by molar-refractivity contribution is 7.10. The molecule has 1 saturated heterocycles. The summed E-state index contributed by atoms with van der Waals surface area (Å²) in [6, 6.07) is 2.22. The van der Waals surface area contributed by atoms with Crippen LogP contribution in [0.4, 0.5) is 0 Å². The summed E-state index contributed by atoms with van der Waals surface area (Å²) in [7, 11) is 0. The van der Waals surface area contributed by atoms with Crippen molar-refractivity contribution in [3.8, 4) is 11.3 Å². The molecular formula is C14H17N3S. The molecule has 94 valence electrons. The summed E-state index contributed by atoms with van der Waals surface area (Å²) in [6.07, 6.45) is 4.68. The van der Waals surface area contributed by atoms with Crippen LogP contribution in [0.15, 0.2) is 11.4 Å². The molecule has 0 saturated carbocycles. The van der Waals surface area contributed by atoms with Crippen molar-refractivity contribution in [1.82, 2.24) is 15.3 Å². The highest BCUT2D eigenvalue weighted by atomic mass is 32.1. The van der Waals surface area contributed by atoms with Crippen molar-refractivity contribution >= 4 is 11.3 Å². The second-order valence-electron chi connectivity index (χ2n) is 5.33. The van der Waals surface area contributed by atoms with Crippen LogP contribution in [0.5, 0.6) is 0 Å². The van der Waals surface area contributed by atoms with Crippen LogP contribution >= 0.6 is 11.3 Å². The van der Waals surface area contributed by atoms with E-state index >= 15 is 0 Å². The Balaban J connectivity index is 1.65. The average Bonchev–Trinajstić information content (AvgIpc) is 3.06. The summed E-state index contributed by atoms with van der Waals surface area (Å²) >= 11 is 1.87. The summed E-state index contributed by atoms with van der Waals surface area (Å²) in [5.74, 6) is 1.95. The van der Waals surface area contributed by atoms with E-state index in [4.69, 9.17) is 4.98 Å². The van der Waals surface area contributed by atoms with Gasteiger partial charge in [0, 0.05) is 22.6 Å². The molecule has 4 heteroatoms. The number of nitrogens with one attached hydrogen (secondary N) is 2. The van der Waals surface area contributed by atoms with Gasteiger partial charge in [-0.1, -0.05) is 0 Å². The molecule has 1 atom stereocenters. The van der Waals surface area contributed by atoms with Gasteiger partial charge in [-0.25, -0.2) is 4.98 Å². The van der Waals surface area contributed by atoms with Crippen molar-refractivity contribution in [1.29, 1.82) is 0 Å². The molecule has 0 spiro atoms. The van der Waals surface area contributed by atoms with Gasteiger partial charge in [0.2, 0.25) is 0 Å². The quantitative estimate of drug-likeness (QED) is 0.869. The van der Waals surface area contributed by atoms with Gasteiger partial charge in [0.15, 0.2) is 0 Å². The normalized spacial score (nSPS) is 21.9. The number of rotatable bonds is 2. The Kier molecular flexibility index (Phi) is 2.52. The van der Waals surface area contributed by atoms with E-state index in [-0.39, 0.29) is 0 Å². The number of hydrogen-bond donors (Lipinski definition) is 2. The number of nitrogens with zero attached hydrogens (tertiary/aromatic N) is 1. The highest BCUT2D eigenvalue weighted by Crippen LogP contribution is 2.35. The van der Waals surface area contributed by atoms with Gasteiger partial charge in [-0.2, -0.15) is 0 Å². The molecule has 0 aromatic carbocycles. The number of imidazole rings is 1. The van der Waals surface area contributed by atoms with E-state index in [2.05, 4.69) is 21.7 Å². The van der Waals surface area contributed by atoms with Crippen LogP contribution in [0, 0.1) is 5.92 Å². The van der Waals surface area contributed by atoms with E-state index < -0.39 is 0 Å². The molecule has 3 heterocycles. The van der Waals surface area contributed by atoms with Crippen LogP contribution in [0.25, 0.3) is 11.3 Å². The Labute approximate surface area is 111 Å². The average molecular weight is 259 g/mol. The third-order valence-corrected chi connectivity index (χ3v) is 5.06. The lowest BCUT2D eigenvalue weighted by Crippen LogP contribution is -2.11. The first-order chi connectivity index (χ1) is 8.90. The van der Waals surface area contributed by atoms with E-state index in [1.54, 1.807) is 0 Å². The van der Waals surface area contributed by atoms with Crippen molar-refractivity contribution in [2.75, 3.05) is 13.1 Å². The lowest BCUT2D eigenvalue weighted by atomic mass is 10.0. The third-order valence-electron chi connectivity index (χ3n) is 4.07. The van der Waals surface area contributed by atoms with E-state index in [0.717, 1.165) is 25.3 Å². The predicted molar refractivity (Wildman–Crippen MR) is 74.0 cm³/mol. The number of thiophene rings is 1. The molecule has 0 radical (unpaired) electrons. The molecule has 4 rings (SSSR count). The fraction of sp³-hybridized carbons (Fsp3) is 0.500. The number of aromatic amines is 1. The van der Waals surface area contributed by atoms with E-state index in [9.17, 15) is 0 Å². The Hall–Kier alpha value is -1.13. The molecular weight excluding hydrogens is 242 g/mol. The Bertz CT molecular complexity index is 563. The Morgan fingerprint density at radius 1 is 1.39 bits per heavy atom. The standard InChI is InChI=1S/C14H17N3S/c1-2-12-10(4-6-18-12)14-11(1)16-13(17-14)7-9-3-5-15-8-9/h4,6,9,15H,1-3,5,7-8H2,(H,16,17). The molecule has 0 bridgehead atoms. The molecule has 2 N–H and O–H groups in total. The van der Waals surface area contributed by atoms with Crippen LogP contribution in [-0.2, 0) is 19.3 Å². The fourth-order valence-corrected chi connectivity index (χ4v) is 3.99. The summed E-state index contributed by atoms with van der Waals surface area (Å²) in [4.78, 5) is 9.91. The van der Waals surface area contributed by atoms with E-state index in [1.807, 2.05) is 11.3 Å². The second-order valence-corrected chi connectivity index (χ2v) is 6.33. The van der Waals surface area contributed by atoms with Gasteiger partial charge in [-0.05, 0) is 49.7 Å². The lowest BCUT2D eigenvalue weighted by molar-refractivity contribution is 0.564. The molecule has 1 fully saturated rings. The van der Waals surface area contributed by atoms with Gasteiger partial charge >= 0.3 is 0 Å². The monoisotopic (exact) mass is 259 g/mol. The van der Waals surface area contributed by atoms with Crippen molar-refractivity contribution in [2.45, 2.75) is 25.7 Å². The number of hydrogen-bond acceptors (Lipinski definition) is 3. The molecule has 2 aromatic heterocycles. The topological polar surface area (TPSA) is 40.7 Å². The molecule has 0 amide bonds. The lowest BCUT2D eigenvalue weighted by Gasteiger charge is -2.09. The Morgan fingerprint density at radius 3 is 3.28 bits per heavy atom. The van der Waals surface area contributed by atoms with E-state index in [0.29, 0.717) is 0 Å². The molecule has 18 heavy (non-hydrogen) atoms. The number of H-pyrrole nitrogens is 1. The molecule has 1 aliphatic carbocycles. The van der Waals surface area contributed by atoms with Crippen molar-refractivity contribution in [2.24, 2.45) is 5.92 Å². The van der Waals surface area contributed by atoms with Gasteiger partial charge < -0.3 is 10.3 Å². The maximum absolute atomic E-state index is 4.85. The highest BCUT2D eigenvalue weighted by Gasteiger charge is 2.23.